The lowest BCUT2D eigenvalue weighted by atomic mass is 10.2. The van der Waals surface area contributed by atoms with Gasteiger partial charge in [0.05, 0.1) is 22.8 Å². The maximum absolute atomic E-state index is 14.8. The fraction of sp³-hybridized carbons (Fsp3) is 0.250. The minimum absolute atomic E-state index is 0.0507. The smallest absolute Gasteiger partial charge is 0.340 e. The van der Waals surface area contributed by atoms with Crippen LogP contribution in [0.5, 0.6) is 0 Å². The summed E-state index contributed by atoms with van der Waals surface area (Å²) >= 11 is 0. The van der Waals surface area contributed by atoms with Gasteiger partial charge in [-0.3, -0.25) is 19.1 Å². The Bertz CT molecular complexity index is 1160. The summed E-state index contributed by atoms with van der Waals surface area (Å²) in [6.07, 6.45) is 0. The monoisotopic (exact) mass is 402 g/mol. The lowest BCUT2D eigenvalue weighted by Crippen LogP contribution is -2.35. The Balaban J connectivity index is 1.99. The second-order valence-electron chi connectivity index (χ2n) is 6.68. The Kier molecular flexibility index (Phi) is 5.00. The Labute approximate surface area is 165 Å². The first-order chi connectivity index (χ1) is 13.6. The van der Waals surface area contributed by atoms with E-state index >= 15 is 0 Å². The van der Waals surface area contributed by atoms with Gasteiger partial charge < -0.3 is 9.88 Å². The van der Waals surface area contributed by atoms with Crippen molar-refractivity contribution in [1.29, 1.82) is 0 Å². The minimum atomic E-state index is -3.95. The fourth-order valence-corrected chi connectivity index (χ4v) is 3.20. The van der Waals surface area contributed by atoms with E-state index in [1.165, 1.54) is 29.4 Å². The molecule has 3 aromatic rings. The van der Waals surface area contributed by atoms with E-state index in [4.69, 9.17) is 0 Å². The van der Waals surface area contributed by atoms with Crippen molar-refractivity contribution in [1.82, 2.24) is 13.9 Å². The molecule has 0 aliphatic carbocycles. The van der Waals surface area contributed by atoms with Gasteiger partial charge in [0, 0.05) is 21.0 Å². The summed E-state index contributed by atoms with van der Waals surface area (Å²) in [5.41, 5.74) is -0.603. The summed E-state index contributed by atoms with van der Waals surface area (Å²) in [6.45, 7) is 2.79. The number of hydrogen-bond donors (Lipinski definition) is 1. The molecule has 0 bridgehead atoms. The van der Waals surface area contributed by atoms with Crippen molar-refractivity contribution in [3.63, 3.8) is 0 Å². The Hall–Kier alpha value is -3.49. The van der Waals surface area contributed by atoms with Crippen LogP contribution in [0.15, 0.2) is 47.3 Å². The number of benzene rings is 1. The van der Waals surface area contributed by atoms with E-state index in [2.05, 4.69) is 5.32 Å². The molecular formula is C20H20F2N4O3. The topological polar surface area (TPSA) is 78.0 Å². The van der Waals surface area contributed by atoms with Crippen LogP contribution in [0.4, 0.5) is 14.5 Å². The van der Waals surface area contributed by atoms with E-state index in [0.717, 1.165) is 10.6 Å². The van der Waals surface area contributed by atoms with Crippen molar-refractivity contribution in [2.45, 2.75) is 19.8 Å². The van der Waals surface area contributed by atoms with Crippen LogP contribution >= 0.6 is 0 Å². The average Bonchev–Trinajstić information content (AvgIpc) is 3.16. The summed E-state index contributed by atoms with van der Waals surface area (Å²) in [6, 6.07) is 10.9. The van der Waals surface area contributed by atoms with Gasteiger partial charge in [-0.15, -0.1) is 0 Å². The number of anilines is 1. The van der Waals surface area contributed by atoms with Crippen LogP contribution in [-0.4, -0.2) is 25.6 Å². The highest BCUT2D eigenvalue weighted by Gasteiger charge is 2.44. The van der Waals surface area contributed by atoms with Crippen LogP contribution in [0.25, 0.3) is 5.69 Å². The van der Waals surface area contributed by atoms with Gasteiger partial charge in [0.2, 0.25) is 0 Å². The van der Waals surface area contributed by atoms with Gasteiger partial charge in [0.25, 0.3) is 5.56 Å². The number of alkyl halides is 2. The molecule has 0 aliphatic heterocycles. The molecule has 0 saturated carbocycles. The first-order valence-electron chi connectivity index (χ1n) is 8.77. The van der Waals surface area contributed by atoms with Gasteiger partial charge in [0.15, 0.2) is 5.78 Å². The van der Waals surface area contributed by atoms with Crippen LogP contribution in [0.1, 0.15) is 28.8 Å². The van der Waals surface area contributed by atoms with E-state index in [9.17, 15) is 23.2 Å². The minimum Gasteiger partial charge on any atom is -0.340 e. The first-order valence-corrected chi connectivity index (χ1v) is 8.77. The highest BCUT2D eigenvalue weighted by molar-refractivity contribution is 5.98. The molecule has 1 amide bonds. The second-order valence-corrected chi connectivity index (χ2v) is 6.68. The predicted octanol–water partition coefficient (Wildman–Crippen LogP) is 2.76. The van der Waals surface area contributed by atoms with E-state index in [1.54, 1.807) is 44.3 Å². The summed E-state index contributed by atoms with van der Waals surface area (Å²) in [5.74, 6) is -6.01. The van der Waals surface area contributed by atoms with E-state index in [0.29, 0.717) is 11.4 Å². The highest BCUT2D eigenvalue weighted by Crippen LogP contribution is 2.31. The average molecular weight is 402 g/mol. The predicted molar refractivity (Wildman–Crippen MR) is 104 cm³/mol. The molecule has 0 unspecified atom stereocenters. The number of nitrogens with zero attached hydrogens (tertiary/aromatic N) is 3. The van der Waals surface area contributed by atoms with Gasteiger partial charge in [-0.25, -0.2) is 4.68 Å². The van der Waals surface area contributed by atoms with Crippen LogP contribution in [-0.2, 0) is 24.8 Å². The molecule has 3 rings (SSSR count). The molecule has 7 nitrogen and oxygen atoms in total. The standard InChI is InChI=1S/C20H20F2N4O3/c1-12-17(18(28)26(25(12)4)14-8-6-5-7-9-14)23-19(29)20(21,22)16-11-10-15(13(2)27)24(16)3/h5-11H,1-4H3,(H,23,29). The van der Waals surface area contributed by atoms with Crippen molar-refractivity contribution in [2.75, 3.05) is 5.32 Å². The van der Waals surface area contributed by atoms with Crippen molar-refractivity contribution in [3.05, 3.63) is 69.9 Å². The third kappa shape index (κ3) is 3.28. The molecule has 152 valence electrons. The van der Waals surface area contributed by atoms with Crippen molar-refractivity contribution >= 4 is 17.4 Å². The molecular weight excluding hydrogens is 382 g/mol. The van der Waals surface area contributed by atoms with E-state index in [1.807, 2.05) is 0 Å². The molecule has 0 aliphatic rings. The quantitative estimate of drug-likeness (QED) is 0.667. The molecule has 1 aromatic carbocycles. The molecule has 9 heteroatoms. The maximum Gasteiger partial charge on any atom is 0.364 e. The second kappa shape index (κ2) is 7.16. The first kappa shape index (κ1) is 20.2. The van der Waals surface area contributed by atoms with Gasteiger partial charge in [-0.2, -0.15) is 8.78 Å². The van der Waals surface area contributed by atoms with Crippen molar-refractivity contribution in [3.8, 4) is 5.69 Å². The molecule has 29 heavy (non-hydrogen) atoms. The lowest BCUT2D eigenvalue weighted by molar-refractivity contribution is -0.141. The summed E-state index contributed by atoms with van der Waals surface area (Å²) in [5, 5.41) is 2.07. The van der Waals surface area contributed by atoms with Crippen LogP contribution < -0.4 is 10.9 Å². The number of hydrogen-bond acceptors (Lipinski definition) is 3. The number of ketones is 1. The van der Waals surface area contributed by atoms with Gasteiger partial charge >= 0.3 is 11.8 Å². The SMILES string of the molecule is CC(=O)c1ccc(C(F)(F)C(=O)Nc2c(C)n(C)n(-c3ccccc3)c2=O)n1C. The molecule has 2 aromatic heterocycles. The largest absolute Gasteiger partial charge is 0.364 e. The number of Topliss-reactive ketones (excluding diaryl/α,β-unsaturated/α-hetero) is 1. The van der Waals surface area contributed by atoms with Crippen molar-refractivity contribution in [2.24, 2.45) is 14.1 Å². The summed E-state index contributed by atoms with van der Waals surface area (Å²) < 4.78 is 33.3. The number of halogens is 2. The molecule has 0 saturated heterocycles. The molecule has 0 spiro atoms. The van der Waals surface area contributed by atoms with E-state index in [-0.39, 0.29) is 11.4 Å². The number of carbonyl (C=O) groups is 2. The number of nitrogens with one attached hydrogen (secondary N) is 1. The van der Waals surface area contributed by atoms with Crippen LogP contribution in [0.3, 0.4) is 0 Å². The van der Waals surface area contributed by atoms with Gasteiger partial charge in [-0.05, 0) is 31.2 Å². The molecule has 0 radical (unpaired) electrons. The van der Waals surface area contributed by atoms with Gasteiger partial charge in [0.1, 0.15) is 5.69 Å². The number of rotatable bonds is 5. The van der Waals surface area contributed by atoms with E-state index < -0.39 is 28.9 Å². The normalized spacial score (nSPS) is 11.5. The van der Waals surface area contributed by atoms with Crippen molar-refractivity contribution < 1.29 is 18.4 Å². The summed E-state index contributed by atoms with van der Waals surface area (Å²) in [7, 11) is 2.87. The van der Waals surface area contributed by atoms with Crippen LogP contribution in [0.2, 0.25) is 0 Å². The molecule has 1 N–H and O–H groups in total. The lowest BCUT2D eigenvalue weighted by Gasteiger charge is -2.17. The zero-order chi connectivity index (χ0) is 21.5. The Morgan fingerprint density at radius 1 is 1.03 bits per heavy atom. The number of aromatic nitrogens is 3. The third-order valence-corrected chi connectivity index (χ3v) is 4.88. The van der Waals surface area contributed by atoms with Crippen LogP contribution in [0, 0.1) is 6.92 Å². The zero-order valence-electron chi connectivity index (χ0n) is 16.4. The Morgan fingerprint density at radius 3 is 2.21 bits per heavy atom. The third-order valence-electron chi connectivity index (χ3n) is 4.88. The highest BCUT2D eigenvalue weighted by atomic mass is 19.3. The zero-order valence-corrected chi connectivity index (χ0v) is 16.4. The van der Waals surface area contributed by atoms with Gasteiger partial charge in [-0.1, -0.05) is 18.2 Å². The molecule has 2 heterocycles. The maximum atomic E-state index is 14.8. The number of para-hydroxylation sites is 1. The summed E-state index contributed by atoms with van der Waals surface area (Å²) in [4.78, 5) is 36.7. The fourth-order valence-electron chi connectivity index (χ4n) is 3.20. The number of carbonyl (C=O) groups excluding carboxylic acids is 2. The molecule has 0 fully saturated rings. The Morgan fingerprint density at radius 2 is 1.66 bits per heavy atom. The number of amides is 1. The molecule has 0 atom stereocenters.